The lowest BCUT2D eigenvalue weighted by Gasteiger charge is -2.22. The number of rotatable bonds is 1. The second-order valence-electron chi connectivity index (χ2n) is 4.30. The van der Waals surface area contributed by atoms with Crippen LogP contribution >= 0.6 is 0 Å². The third-order valence-corrected chi connectivity index (χ3v) is 1.82. The Morgan fingerprint density at radius 2 is 2.14 bits per heavy atom. The molecule has 0 spiro atoms. The fourth-order valence-corrected chi connectivity index (χ4v) is 1.13. The quantitative estimate of drug-likeness (QED) is 0.596. The third-order valence-electron chi connectivity index (χ3n) is 1.82. The normalized spacial score (nSPS) is 27.3. The zero-order valence-corrected chi connectivity index (χ0v) is 8.57. The first kappa shape index (κ1) is 11.0. The number of carbonyl (C=O) groups excluding carboxylic acids is 2. The smallest absolute Gasteiger partial charge is 0.323 e. The average Bonchev–Trinajstić information content (AvgIpc) is 2.29. The molecule has 5 nitrogen and oxygen atoms in total. The molecule has 1 fully saturated rings. The van der Waals surface area contributed by atoms with E-state index in [0.29, 0.717) is 0 Å². The summed E-state index contributed by atoms with van der Waals surface area (Å²) in [7, 11) is 0. The summed E-state index contributed by atoms with van der Waals surface area (Å²) < 4.78 is 9.74. The van der Waals surface area contributed by atoms with Crippen molar-refractivity contribution in [3.05, 3.63) is 0 Å². The van der Waals surface area contributed by atoms with Crippen LogP contribution < -0.4 is 5.73 Å². The van der Waals surface area contributed by atoms with Crippen LogP contribution in [0.1, 0.15) is 20.8 Å². The number of ether oxygens (including phenoxy) is 2. The van der Waals surface area contributed by atoms with Crippen molar-refractivity contribution in [2.45, 2.75) is 32.4 Å². The van der Waals surface area contributed by atoms with Gasteiger partial charge in [0, 0.05) is 0 Å². The Labute approximate surface area is 82.5 Å². The molecule has 0 aliphatic carbocycles. The van der Waals surface area contributed by atoms with Crippen molar-refractivity contribution in [3.63, 3.8) is 0 Å². The molecule has 1 aliphatic rings. The molecule has 80 valence electrons. The zero-order chi connectivity index (χ0) is 10.9. The number of esters is 2. The summed E-state index contributed by atoms with van der Waals surface area (Å²) in [6, 6.07) is -0.884. The summed E-state index contributed by atoms with van der Waals surface area (Å²) in [5.41, 5.74) is 4.90. The van der Waals surface area contributed by atoms with Crippen LogP contribution in [0.25, 0.3) is 0 Å². The summed E-state index contributed by atoms with van der Waals surface area (Å²) >= 11 is 0. The van der Waals surface area contributed by atoms with Gasteiger partial charge in [0.2, 0.25) is 0 Å². The molecule has 0 aromatic rings. The van der Waals surface area contributed by atoms with Crippen LogP contribution in [0, 0.1) is 5.92 Å². The van der Waals surface area contributed by atoms with Crippen LogP contribution in [-0.4, -0.2) is 30.2 Å². The van der Waals surface area contributed by atoms with Crippen LogP contribution in [0.4, 0.5) is 0 Å². The largest absolute Gasteiger partial charge is 0.464 e. The van der Waals surface area contributed by atoms with E-state index in [1.54, 1.807) is 20.8 Å². The number of cyclic esters (lactones) is 1. The van der Waals surface area contributed by atoms with Gasteiger partial charge in [-0.3, -0.25) is 9.59 Å². The SMILES string of the molecule is CC(C)(C)OC(=O)C1COC(=O)[C@H]1N. The van der Waals surface area contributed by atoms with Crippen molar-refractivity contribution >= 4 is 11.9 Å². The highest BCUT2D eigenvalue weighted by molar-refractivity contribution is 5.87. The fraction of sp³-hybridized carbons (Fsp3) is 0.778. The third kappa shape index (κ3) is 2.45. The van der Waals surface area contributed by atoms with E-state index in [0.717, 1.165) is 0 Å². The van der Waals surface area contributed by atoms with E-state index in [9.17, 15) is 9.59 Å². The van der Waals surface area contributed by atoms with E-state index in [1.165, 1.54) is 0 Å². The topological polar surface area (TPSA) is 78.6 Å². The summed E-state index contributed by atoms with van der Waals surface area (Å²) in [4.78, 5) is 22.4. The summed E-state index contributed by atoms with van der Waals surface area (Å²) in [6.45, 7) is 5.30. The van der Waals surface area contributed by atoms with Crippen LogP contribution in [0.5, 0.6) is 0 Å². The van der Waals surface area contributed by atoms with Crippen molar-refractivity contribution in [2.24, 2.45) is 11.7 Å². The Balaban J connectivity index is 2.58. The predicted octanol–water partition coefficient (Wildman–Crippen LogP) is -0.172. The molecule has 0 bridgehead atoms. The Morgan fingerprint density at radius 1 is 1.57 bits per heavy atom. The monoisotopic (exact) mass is 201 g/mol. The van der Waals surface area contributed by atoms with E-state index in [1.807, 2.05) is 0 Å². The van der Waals surface area contributed by atoms with Crippen LogP contribution in [0.3, 0.4) is 0 Å². The zero-order valence-electron chi connectivity index (χ0n) is 8.57. The Hall–Kier alpha value is -1.10. The van der Waals surface area contributed by atoms with Gasteiger partial charge in [0.15, 0.2) is 0 Å². The van der Waals surface area contributed by atoms with Crippen LogP contribution in [0.2, 0.25) is 0 Å². The van der Waals surface area contributed by atoms with E-state index in [-0.39, 0.29) is 6.61 Å². The molecule has 1 saturated heterocycles. The molecule has 1 heterocycles. The molecule has 0 saturated carbocycles. The molecule has 0 aromatic heterocycles. The Kier molecular flexibility index (Phi) is 2.80. The highest BCUT2D eigenvalue weighted by atomic mass is 16.6. The minimum Gasteiger partial charge on any atom is -0.464 e. The number of nitrogens with two attached hydrogens (primary N) is 1. The fourth-order valence-electron chi connectivity index (χ4n) is 1.13. The van der Waals surface area contributed by atoms with Crippen molar-refractivity contribution in [1.29, 1.82) is 0 Å². The lowest BCUT2D eigenvalue weighted by atomic mass is 10.0. The van der Waals surface area contributed by atoms with E-state index in [2.05, 4.69) is 4.74 Å². The van der Waals surface area contributed by atoms with Gasteiger partial charge in [-0.2, -0.15) is 0 Å². The molecule has 2 N–H and O–H groups in total. The number of hydrogen-bond acceptors (Lipinski definition) is 5. The predicted molar refractivity (Wildman–Crippen MR) is 48.3 cm³/mol. The standard InChI is InChI=1S/C9H15NO4/c1-9(2,3)14-7(11)5-4-13-8(12)6(5)10/h5-6H,4,10H2,1-3H3/t5?,6-/m0/s1. The summed E-state index contributed by atoms with van der Waals surface area (Å²) in [5.74, 6) is -1.68. The van der Waals surface area contributed by atoms with Gasteiger partial charge in [0.05, 0.1) is 0 Å². The average molecular weight is 201 g/mol. The summed E-state index contributed by atoms with van der Waals surface area (Å²) in [6.07, 6.45) is 0. The van der Waals surface area contributed by atoms with Gasteiger partial charge >= 0.3 is 11.9 Å². The van der Waals surface area contributed by atoms with E-state index >= 15 is 0 Å². The molecule has 5 heteroatoms. The first-order valence-corrected chi connectivity index (χ1v) is 4.46. The van der Waals surface area contributed by atoms with Crippen LogP contribution in [0.15, 0.2) is 0 Å². The molecule has 1 unspecified atom stereocenters. The highest BCUT2D eigenvalue weighted by Crippen LogP contribution is 2.18. The molecule has 2 atom stereocenters. The van der Waals surface area contributed by atoms with Gasteiger partial charge in [-0.15, -0.1) is 0 Å². The van der Waals surface area contributed by atoms with Crippen molar-refractivity contribution < 1.29 is 19.1 Å². The highest BCUT2D eigenvalue weighted by Gasteiger charge is 2.41. The van der Waals surface area contributed by atoms with Gasteiger partial charge in [0.25, 0.3) is 0 Å². The lowest BCUT2D eigenvalue weighted by Crippen LogP contribution is -2.40. The molecule has 14 heavy (non-hydrogen) atoms. The van der Waals surface area contributed by atoms with Crippen molar-refractivity contribution in [1.82, 2.24) is 0 Å². The number of hydrogen-bond donors (Lipinski definition) is 1. The first-order chi connectivity index (χ1) is 6.31. The van der Waals surface area contributed by atoms with Gasteiger partial charge in [-0.05, 0) is 20.8 Å². The van der Waals surface area contributed by atoms with E-state index < -0.39 is 29.5 Å². The van der Waals surface area contributed by atoms with Gasteiger partial charge < -0.3 is 15.2 Å². The molecular weight excluding hydrogens is 186 g/mol. The van der Waals surface area contributed by atoms with Crippen molar-refractivity contribution in [3.8, 4) is 0 Å². The molecule has 1 aliphatic heterocycles. The Morgan fingerprint density at radius 3 is 2.50 bits per heavy atom. The molecular formula is C9H15NO4. The molecule has 0 amide bonds. The Bertz CT molecular complexity index is 256. The second-order valence-corrected chi connectivity index (χ2v) is 4.30. The molecule has 1 rings (SSSR count). The maximum atomic E-state index is 11.5. The van der Waals surface area contributed by atoms with Crippen LogP contribution in [-0.2, 0) is 19.1 Å². The maximum absolute atomic E-state index is 11.5. The van der Waals surface area contributed by atoms with Gasteiger partial charge in [0.1, 0.15) is 24.2 Å². The summed E-state index contributed by atoms with van der Waals surface area (Å²) in [5, 5.41) is 0. The lowest BCUT2D eigenvalue weighted by molar-refractivity contribution is -0.160. The second kappa shape index (κ2) is 3.57. The maximum Gasteiger partial charge on any atom is 0.323 e. The first-order valence-electron chi connectivity index (χ1n) is 4.46. The minimum atomic E-state index is -0.884. The molecule has 0 radical (unpaired) electrons. The molecule has 0 aromatic carbocycles. The van der Waals surface area contributed by atoms with Crippen molar-refractivity contribution in [2.75, 3.05) is 6.61 Å². The van der Waals surface area contributed by atoms with Gasteiger partial charge in [-0.25, -0.2) is 0 Å². The minimum absolute atomic E-state index is 0.0227. The van der Waals surface area contributed by atoms with Gasteiger partial charge in [-0.1, -0.05) is 0 Å². The van der Waals surface area contributed by atoms with E-state index in [4.69, 9.17) is 10.5 Å². The number of carbonyl (C=O) groups is 2.